The molecule has 2 heterocycles. The van der Waals surface area contributed by atoms with Crippen LogP contribution >= 0.6 is 0 Å². The quantitative estimate of drug-likeness (QED) is 0.298. The molecule has 3 rings (SSSR count). The lowest BCUT2D eigenvalue weighted by atomic mass is 10.0. The van der Waals surface area contributed by atoms with Crippen molar-refractivity contribution in [2.24, 2.45) is 0 Å². The van der Waals surface area contributed by atoms with E-state index in [1.54, 1.807) is 25.5 Å². The van der Waals surface area contributed by atoms with Crippen molar-refractivity contribution in [3.05, 3.63) is 83.7 Å². The fourth-order valence-electron chi connectivity index (χ4n) is 2.78. The van der Waals surface area contributed by atoms with Gasteiger partial charge in [0.15, 0.2) is 0 Å². The van der Waals surface area contributed by atoms with Crippen molar-refractivity contribution >= 4 is 5.78 Å². The van der Waals surface area contributed by atoms with E-state index in [0.717, 1.165) is 17.0 Å². The molecule has 6 heteroatoms. The van der Waals surface area contributed by atoms with Gasteiger partial charge in [0.25, 0.3) is 0 Å². The van der Waals surface area contributed by atoms with Gasteiger partial charge in [0.1, 0.15) is 18.1 Å². The van der Waals surface area contributed by atoms with Crippen LogP contribution in [0, 0.1) is 11.3 Å². The fraction of sp³-hybridized carbons (Fsp3) is 0.292. The number of rotatable bonds is 7. The molecule has 156 valence electrons. The molecule has 6 nitrogen and oxygen atoms in total. The third-order valence-electron chi connectivity index (χ3n) is 4.41. The van der Waals surface area contributed by atoms with Crippen LogP contribution in [-0.4, -0.2) is 21.5 Å². The molecular formula is C24H28N4O2. The maximum Gasteiger partial charge on any atom is 0.234 e. The smallest absolute Gasteiger partial charge is 0.234 e. The zero-order valence-corrected chi connectivity index (χ0v) is 18.2. The van der Waals surface area contributed by atoms with Crippen molar-refractivity contribution in [1.29, 1.82) is 5.26 Å². The highest BCUT2D eigenvalue weighted by molar-refractivity contribution is 5.38. The molecule has 0 bridgehead atoms. The van der Waals surface area contributed by atoms with Crippen LogP contribution in [0.5, 0.6) is 5.75 Å². The average molecular weight is 405 g/mol. The van der Waals surface area contributed by atoms with Crippen molar-refractivity contribution in [2.45, 2.75) is 40.2 Å². The van der Waals surface area contributed by atoms with Crippen LogP contribution in [0.4, 0.5) is 0 Å². The summed E-state index contributed by atoms with van der Waals surface area (Å²) in [6.07, 6.45) is 9.16. The van der Waals surface area contributed by atoms with Crippen molar-refractivity contribution in [2.75, 3.05) is 7.11 Å². The summed E-state index contributed by atoms with van der Waals surface area (Å²) in [7, 11) is 1.61. The maximum absolute atomic E-state index is 9.14. The van der Waals surface area contributed by atoms with Gasteiger partial charge < -0.3 is 9.47 Å². The lowest BCUT2D eigenvalue weighted by Gasteiger charge is -2.15. The minimum atomic E-state index is -0.0587. The van der Waals surface area contributed by atoms with E-state index in [9.17, 15) is 0 Å². The Balaban J connectivity index is 0.00000155. The van der Waals surface area contributed by atoms with E-state index >= 15 is 0 Å². The third-order valence-corrected chi connectivity index (χ3v) is 4.41. The molecule has 1 atom stereocenters. The van der Waals surface area contributed by atoms with E-state index < -0.39 is 0 Å². The lowest BCUT2D eigenvalue weighted by molar-refractivity contribution is 0.268. The molecule has 0 aliphatic heterocycles. The van der Waals surface area contributed by atoms with Gasteiger partial charge in [-0.15, -0.1) is 0 Å². The molecule has 0 spiro atoms. The standard InChI is InChI=1S/C22H22N4O2.C2H6/c1-4-17(11-23)10-21(27-3)16(2)18-12-24-22-25-19(14-26(22)13-18)15-28-20-8-6-5-7-9-20;1-2/h4-10,12-14,16H,15H2,1-3H3;1-2H3/b17-4+,21-10+;. The Morgan fingerprint density at radius 1 is 1.23 bits per heavy atom. The summed E-state index contributed by atoms with van der Waals surface area (Å²) in [6, 6.07) is 11.8. The number of fused-ring (bicyclic) bond motifs is 1. The van der Waals surface area contributed by atoms with Gasteiger partial charge in [-0.3, -0.25) is 4.40 Å². The Morgan fingerprint density at radius 3 is 2.60 bits per heavy atom. The van der Waals surface area contributed by atoms with Crippen LogP contribution in [0.1, 0.15) is 44.9 Å². The number of hydrogen-bond donors (Lipinski definition) is 0. The topological polar surface area (TPSA) is 72.4 Å². The Kier molecular flexibility index (Phi) is 8.64. The number of nitrogens with zero attached hydrogens (tertiary/aromatic N) is 4. The molecule has 0 N–H and O–H groups in total. The zero-order chi connectivity index (χ0) is 21.9. The minimum absolute atomic E-state index is 0.0587. The first-order valence-corrected chi connectivity index (χ1v) is 9.98. The van der Waals surface area contributed by atoms with Crippen molar-refractivity contribution in [3.63, 3.8) is 0 Å². The Labute approximate surface area is 178 Å². The second-order valence-electron chi connectivity index (χ2n) is 6.26. The maximum atomic E-state index is 9.14. The highest BCUT2D eigenvalue weighted by atomic mass is 16.5. The number of methoxy groups -OCH3 is 1. The van der Waals surface area contributed by atoms with E-state index in [1.807, 2.05) is 74.8 Å². The first-order valence-electron chi connectivity index (χ1n) is 9.98. The van der Waals surface area contributed by atoms with Gasteiger partial charge in [0, 0.05) is 24.5 Å². The minimum Gasteiger partial charge on any atom is -0.500 e. The number of ether oxygens (including phenoxy) is 2. The molecule has 2 aromatic heterocycles. The van der Waals surface area contributed by atoms with Gasteiger partial charge in [-0.05, 0) is 30.7 Å². The summed E-state index contributed by atoms with van der Waals surface area (Å²) < 4.78 is 13.1. The van der Waals surface area contributed by atoms with Crippen LogP contribution < -0.4 is 4.74 Å². The van der Waals surface area contributed by atoms with Gasteiger partial charge >= 0.3 is 0 Å². The molecule has 0 radical (unpaired) electrons. The molecule has 1 aromatic carbocycles. The van der Waals surface area contributed by atoms with Gasteiger partial charge in [0.05, 0.1) is 24.4 Å². The SMILES string of the molecule is C/C=C(C#N)\C=C(\OC)C(C)c1cnc2nc(COc3ccccc3)cn2c1.CC. The van der Waals surface area contributed by atoms with Gasteiger partial charge in [-0.1, -0.05) is 45.0 Å². The van der Waals surface area contributed by atoms with E-state index in [4.69, 9.17) is 14.7 Å². The summed E-state index contributed by atoms with van der Waals surface area (Å²) >= 11 is 0. The number of nitriles is 1. The number of para-hydroxylation sites is 1. The molecule has 30 heavy (non-hydrogen) atoms. The molecular weight excluding hydrogens is 376 g/mol. The molecule has 1 unspecified atom stereocenters. The second-order valence-corrected chi connectivity index (χ2v) is 6.26. The number of allylic oxidation sites excluding steroid dienone is 4. The lowest BCUT2D eigenvalue weighted by Crippen LogP contribution is -2.03. The predicted octanol–water partition coefficient (Wildman–Crippen LogP) is 5.44. The van der Waals surface area contributed by atoms with Gasteiger partial charge in [-0.25, -0.2) is 9.97 Å². The summed E-state index contributed by atoms with van der Waals surface area (Å²) in [6.45, 7) is 8.21. The largest absolute Gasteiger partial charge is 0.500 e. The van der Waals surface area contributed by atoms with Crippen LogP contribution in [0.3, 0.4) is 0 Å². The van der Waals surface area contributed by atoms with Crippen LogP contribution in [0.15, 0.2) is 72.4 Å². The van der Waals surface area contributed by atoms with Crippen molar-refractivity contribution in [3.8, 4) is 11.8 Å². The molecule has 3 aromatic rings. The van der Waals surface area contributed by atoms with Crippen LogP contribution in [-0.2, 0) is 11.3 Å². The molecule has 0 aliphatic carbocycles. The summed E-state index contributed by atoms with van der Waals surface area (Å²) in [5, 5.41) is 9.14. The predicted molar refractivity (Wildman–Crippen MR) is 118 cm³/mol. The Morgan fingerprint density at radius 2 is 1.97 bits per heavy atom. The van der Waals surface area contributed by atoms with E-state index in [0.29, 0.717) is 23.7 Å². The number of imidazole rings is 1. The van der Waals surface area contributed by atoms with Crippen molar-refractivity contribution < 1.29 is 9.47 Å². The fourth-order valence-corrected chi connectivity index (χ4v) is 2.78. The van der Waals surface area contributed by atoms with Gasteiger partial charge in [0.2, 0.25) is 5.78 Å². The second kappa shape index (κ2) is 11.4. The highest BCUT2D eigenvalue weighted by Crippen LogP contribution is 2.25. The van der Waals surface area contributed by atoms with E-state index in [-0.39, 0.29) is 5.92 Å². The molecule has 0 amide bonds. The normalized spacial score (nSPS) is 12.5. The Bertz CT molecular complexity index is 1050. The molecule has 0 fully saturated rings. The monoisotopic (exact) mass is 404 g/mol. The number of hydrogen-bond acceptors (Lipinski definition) is 5. The first-order chi connectivity index (χ1) is 14.6. The average Bonchev–Trinajstić information content (AvgIpc) is 3.22. The molecule has 0 aliphatic rings. The summed E-state index contributed by atoms with van der Waals surface area (Å²) in [5.41, 5.74) is 2.31. The summed E-state index contributed by atoms with van der Waals surface area (Å²) in [4.78, 5) is 8.94. The Hall–Kier alpha value is -3.59. The van der Waals surface area contributed by atoms with Gasteiger partial charge in [-0.2, -0.15) is 5.26 Å². The first kappa shape index (κ1) is 22.7. The number of aromatic nitrogens is 3. The van der Waals surface area contributed by atoms with Crippen LogP contribution in [0.2, 0.25) is 0 Å². The highest BCUT2D eigenvalue weighted by Gasteiger charge is 2.15. The summed E-state index contributed by atoms with van der Waals surface area (Å²) in [5.74, 6) is 2.05. The van der Waals surface area contributed by atoms with Crippen LogP contribution in [0.25, 0.3) is 5.78 Å². The number of benzene rings is 1. The van der Waals surface area contributed by atoms with E-state index in [2.05, 4.69) is 16.0 Å². The molecule has 0 saturated carbocycles. The molecule has 0 saturated heterocycles. The zero-order valence-electron chi connectivity index (χ0n) is 18.2. The van der Waals surface area contributed by atoms with Crippen molar-refractivity contribution in [1.82, 2.24) is 14.4 Å². The third kappa shape index (κ3) is 5.71. The van der Waals surface area contributed by atoms with E-state index in [1.165, 1.54) is 0 Å².